The van der Waals surface area contributed by atoms with Crippen molar-refractivity contribution in [3.63, 3.8) is 0 Å². The van der Waals surface area contributed by atoms with Gasteiger partial charge in [0.15, 0.2) is 5.15 Å². The number of hydrogen-bond acceptors (Lipinski definition) is 3. The summed E-state index contributed by atoms with van der Waals surface area (Å²) in [7, 11) is 0. The van der Waals surface area contributed by atoms with Gasteiger partial charge in [-0.3, -0.25) is 4.98 Å². The third kappa shape index (κ3) is 2.94. The van der Waals surface area contributed by atoms with E-state index in [1.165, 1.54) is 5.39 Å². The number of hydrogen-bond donors (Lipinski definition) is 1. The Morgan fingerprint density at radius 3 is 2.76 bits per heavy atom. The number of rotatable bonds is 3. The molecule has 3 aromatic rings. The van der Waals surface area contributed by atoms with Crippen LogP contribution >= 0.6 is 23.2 Å². The van der Waals surface area contributed by atoms with Gasteiger partial charge in [0, 0.05) is 24.3 Å². The first kappa shape index (κ1) is 14.1. The van der Waals surface area contributed by atoms with Crippen LogP contribution in [0.4, 0.5) is 5.69 Å². The molecule has 0 saturated heterocycles. The highest BCUT2D eigenvalue weighted by Crippen LogP contribution is 2.27. The van der Waals surface area contributed by atoms with Gasteiger partial charge in [0.25, 0.3) is 0 Å². The van der Waals surface area contributed by atoms with Gasteiger partial charge in [0.2, 0.25) is 0 Å². The van der Waals surface area contributed by atoms with Gasteiger partial charge in [-0.1, -0.05) is 47.5 Å². The van der Waals surface area contributed by atoms with Crippen molar-refractivity contribution >= 4 is 39.7 Å². The number of benzene rings is 1. The number of nitrogens with zero attached hydrogens (tertiary/aromatic N) is 2. The minimum atomic E-state index is 0.383. The third-order valence-electron chi connectivity index (χ3n) is 3.35. The lowest BCUT2D eigenvalue weighted by Gasteiger charge is -2.12. The Kier molecular flexibility index (Phi) is 3.95. The lowest BCUT2D eigenvalue weighted by Crippen LogP contribution is -2.04. The van der Waals surface area contributed by atoms with E-state index in [1.54, 1.807) is 6.07 Å². The van der Waals surface area contributed by atoms with Crippen LogP contribution in [0.15, 0.2) is 42.7 Å². The SMILES string of the molecule is Cc1cc(Cl)nc(Cl)c1NCc1cncc2ccccc12. The quantitative estimate of drug-likeness (QED) is 0.701. The average Bonchev–Trinajstić information content (AvgIpc) is 2.46. The lowest BCUT2D eigenvalue weighted by molar-refractivity contribution is 1.12. The van der Waals surface area contributed by atoms with Gasteiger partial charge in [-0.05, 0) is 29.5 Å². The van der Waals surface area contributed by atoms with Gasteiger partial charge in [-0.2, -0.15) is 0 Å². The molecule has 0 aliphatic rings. The first-order valence-corrected chi connectivity index (χ1v) is 7.29. The molecular formula is C16H13Cl2N3. The van der Waals surface area contributed by atoms with E-state index in [2.05, 4.69) is 21.4 Å². The van der Waals surface area contributed by atoms with Crippen LogP contribution in [-0.2, 0) is 6.54 Å². The fourth-order valence-corrected chi connectivity index (χ4v) is 2.91. The van der Waals surface area contributed by atoms with Gasteiger partial charge >= 0.3 is 0 Å². The minimum Gasteiger partial charge on any atom is -0.378 e. The van der Waals surface area contributed by atoms with E-state index in [9.17, 15) is 0 Å². The van der Waals surface area contributed by atoms with E-state index < -0.39 is 0 Å². The van der Waals surface area contributed by atoms with Crippen molar-refractivity contribution in [2.75, 3.05) is 5.32 Å². The lowest BCUT2D eigenvalue weighted by atomic mass is 10.1. The van der Waals surface area contributed by atoms with Crippen LogP contribution in [0.3, 0.4) is 0 Å². The summed E-state index contributed by atoms with van der Waals surface area (Å²) < 4.78 is 0. The highest BCUT2D eigenvalue weighted by atomic mass is 35.5. The number of anilines is 1. The summed E-state index contributed by atoms with van der Waals surface area (Å²) in [5.74, 6) is 0. The first-order valence-electron chi connectivity index (χ1n) is 6.53. The summed E-state index contributed by atoms with van der Waals surface area (Å²) in [6, 6.07) is 9.95. The molecule has 3 rings (SSSR count). The molecule has 2 aromatic heterocycles. The fourth-order valence-electron chi connectivity index (χ4n) is 2.31. The second-order valence-electron chi connectivity index (χ2n) is 4.80. The van der Waals surface area contributed by atoms with Crippen molar-refractivity contribution < 1.29 is 0 Å². The molecule has 0 saturated carbocycles. The van der Waals surface area contributed by atoms with Gasteiger partial charge in [0.05, 0.1) is 5.69 Å². The second kappa shape index (κ2) is 5.88. The third-order valence-corrected chi connectivity index (χ3v) is 3.81. The zero-order valence-corrected chi connectivity index (χ0v) is 12.9. The highest BCUT2D eigenvalue weighted by Gasteiger charge is 2.08. The fraction of sp³-hybridized carbons (Fsp3) is 0.125. The summed E-state index contributed by atoms with van der Waals surface area (Å²) in [5, 5.41) is 6.40. The van der Waals surface area contributed by atoms with E-state index in [4.69, 9.17) is 23.2 Å². The van der Waals surface area contributed by atoms with E-state index >= 15 is 0 Å². The summed E-state index contributed by atoms with van der Waals surface area (Å²) in [6.07, 6.45) is 3.73. The standard InChI is InChI=1S/C16H13Cl2N3/c1-10-6-14(17)21-16(18)15(10)20-9-12-8-19-7-11-4-2-3-5-13(11)12/h2-8,20H,9H2,1H3. The molecule has 106 valence electrons. The Balaban J connectivity index is 1.91. The summed E-state index contributed by atoms with van der Waals surface area (Å²) in [6.45, 7) is 2.57. The predicted molar refractivity (Wildman–Crippen MR) is 88.1 cm³/mol. The monoisotopic (exact) mass is 317 g/mol. The van der Waals surface area contributed by atoms with Crippen molar-refractivity contribution in [3.8, 4) is 0 Å². The maximum Gasteiger partial charge on any atom is 0.154 e. The smallest absolute Gasteiger partial charge is 0.154 e. The van der Waals surface area contributed by atoms with Crippen molar-refractivity contribution in [1.82, 2.24) is 9.97 Å². The molecule has 0 aliphatic carbocycles. The average molecular weight is 318 g/mol. The normalized spacial score (nSPS) is 10.8. The Hall–Kier alpha value is -1.84. The van der Waals surface area contributed by atoms with Crippen LogP contribution in [0.25, 0.3) is 10.8 Å². The van der Waals surface area contributed by atoms with Crippen molar-refractivity contribution in [2.45, 2.75) is 13.5 Å². The minimum absolute atomic E-state index is 0.383. The number of aromatic nitrogens is 2. The van der Waals surface area contributed by atoms with Crippen LogP contribution in [0.1, 0.15) is 11.1 Å². The molecule has 0 spiro atoms. The highest BCUT2D eigenvalue weighted by molar-refractivity contribution is 6.34. The molecule has 0 amide bonds. The number of fused-ring (bicyclic) bond motifs is 1. The van der Waals surface area contributed by atoms with Crippen molar-refractivity contribution in [2.24, 2.45) is 0 Å². The maximum atomic E-state index is 6.15. The van der Waals surface area contributed by atoms with E-state index in [0.717, 1.165) is 22.2 Å². The zero-order valence-electron chi connectivity index (χ0n) is 11.4. The van der Waals surface area contributed by atoms with Crippen molar-refractivity contribution in [1.29, 1.82) is 0 Å². The molecule has 0 radical (unpaired) electrons. The molecule has 0 bridgehead atoms. The first-order chi connectivity index (χ1) is 10.1. The molecule has 0 aliphatic heterocycles. The number of halogens is 2. The Labute approximate surface area is 132 Å². The molecule has 0 fully saturated rings. The number of nitrogens with one attached hydrogen (secondary N) is 1. The van der Waals surface area contributed by atoms with E-state index in [-0.39, 0.29) is 0 Å². The molecule has 3 nitrogen and oxygen atoms in total. The topological polar surface area (TPSA) is 37.8 Å². The van der Waals surface area contributed by atoms with Gasteiger partial charge < -0.3 is 5.32 Å². The molecular weight excluding hydrogens is 305 g/mol. The summed E-state index contributed by atoms with van der Waals surface area (Å²) in [4.78, 5) is 8.34. The summed E-state index contributed by atoms with van der Waals surface area (Å²) >= 11 is 12.0. The molecule has 0 atom stereocenters. The second-order valence-corrected chi connectivity index (χ2v) is 5.55. The largest absolute Gasteiger partial charge is 0.378 e. The number of pyridine rings is 2. The van der Waals surface area contributed by atoms with Crippen LogP contribution in [0.5, 0.6) is 0 Å². The molecule has 5 heteroatoms. The Bertz CT molecular complexity index is 774. The van der Waals surface area contributed by atoms with Crippen LogP contribution in [0.2, 0.25) is 10.3 Å². The zero-order chi connectivity index (χ0) is 14.8. The van der Waals surface area contributed by atoms with Crippen LogP contribution in [0, 0.1) is 6.92 Å². The summed E-state index contributed by atoms with van der Waals surface area (Å²) in [5.41, 5.74) is 2.88. The molecule has 2 heterocycles. The van der Waals surface area contributed by atoms with Crippen molar-refractivity contribution in [3.05, 3.63) is 64.2 Å². The molecule has 21 heavy (non-hydrogen) atoms. The van der Waals surface area contributed by atoms with Crippen LogP contribution in [-0.4, -0.2) is 9.97 Å². The van der Waals surface area contributed by atoms with Gasteiger partial charge in [-0.15, -0.1) is 0 Å². The molecule has 1 aromatic carbocycles. The Morgan fingerprint density at radius 2 is 1.95 bits per heavy atom. The van der Waals surface area contributed by atoms with Crippen LogP contribution < -0.4 is 5.32 Å². The molecule has 0 unspecified atom stereocenters. The van der Waals surface area contributed by atoms with Gasteiger partial charge in [-0.25, -0.2) is 4.98 Å². The van der Waals surface area contributed by atoms with Gasteiger partial charge in [0.1, 0.15) is 5.15 Å². The maximum absolute atomic E-state index is 6.15. The molecule has 1 N–H and O–H groups in total. The van der Waals surface area contributed by atoms with E-state index in [1.807, 2.05) is 37.5 Å². The predicted octanol–water partition coefficient (Wildman–Crippen LogP) is 4.86. The van der Waals surface area contributed by atoms with E-state index in [0.29, 0.717) is 16.9 Å². The Morgan fingerprint density at radius 1 is 1.14 bits per heavy atom. The number of aryl methyl sites for hydroxylation is 1.